The highest BCUT2D eigenvalue weighted by Crippen LogP contribution is 2.35. The van der Waals surface area contributed by atoms with E-state index in [1.165, 1.54) is 11.3 Å². The summed E-state index contributed by atoms with van der Waals surface area (Å²) in [5.41, 5.74) is 2.40. The van der Waals surface area contributed by atoms with Crippen LogP contribution in [0.4, 0.5) is 5.13 Å². The van der Waals surface area contributed by atoms with Crippen molar-refractivity contribution in [2.45, 2.75) is 30.5 Å². The number of methoxy groups -OCH3 is 1. The van der Waals surface area contributed by atoms with Crippen molar-refractivity contribution in [2.75, 3.05) is 12.0 Å². The monoisotopic (exact) mass is 449 g/mol. The molecule has 0 fully saturated rings. The van der Waals surface area contributed by atoms with Crippen LogP contribution in [0.25, 0.3) is 10.2 Å². The molecule has 0 atom stereocenters. The summed E-state index contributed by atoms with van der Waals surface area (Å²) in [7, 11) is 1.63. The second-order valence-electron chi connectivity index (χ2n) is 7.24. The van der Waals surface area contributed by atoms with E-state index in [0.717, 1.165) is 20.7 Å². The zero-order valence-electron chi connectivity index (χ0n) is 17.6. The van der Waals surface area contributed by atoms with Gasteiger partial charge in [0.25, 0.3) is 5.91 Å². The van der Waals surface area contributed by atoms with E-state index in [0.29, 0.717) is 28.2 Å². The summed E-state index contributed by atoms with van der Waals surface area (Å²) in [6, 6.07) is 17.4. The summed E-state index contributed by atoms with van der Waals surface area (Å²) in [5.74, 6) is 0.618. The minimum Gasteiger partial charge on any atom is -0.494 e. The number of thiazole rings is 1. The Balaban J connectivity index is 1.75. The molecule has 2 aromatic carbocycles. The maximum Gasteiger partial charge on any atom is 0.260 e. The number of carbonyl (C=O) groups is 1. The van der Waals surface area contributed by atoms with Crippen LogP contribution < -0.4 is 9.64 Å². The molecular weight excluding hydrogens is 426 g/mol. The van der Waals surface area contributed by atoms with E-state index in [4.69, 9.17) is 9.72 Å². The highest BCUT2D eigenvalue weighted by Gasteiger charge is 2.23. The smallest absolute Gasteiger partial charge is 0.260 e. The van der Waals surface area contributed by atoms with Gasteiger partial charge in [-0.25, -0.2) is 4.98 Å². The zero-order chi connectivity index (χ0) is 21.8. The highest BCUT2D eigenvalue weighted by molar-refractivity contribution is 7.99. The lowest BCUT2D eigenvalue weighted by molar-refractivity contribution is 0.0985. The number of amides is 1. The van der Waals surface area contributed by atoms with Crippen LogP contribution >= 0.6 is 23.1 Å². The van der Waals surface area contributed by atoms with E-state index in [-0.39, 0.29) is 5.91 Å². The largest absolute Gasteiger partial charge is 0.494 e. The van der Waals surface area contributed by atoms with Crippen LogP contribution in [-0.4, -0.2) is 28.2 Å². The van der Waals surface area contributed by atoms with Gasteiger partial charge in [0.15, 0.2) is 5.13 Å². The van der Waals surface area contributed by atoms with Gasteiger partial charge in [0.05, 0.1) is 18.4 Å². The number of hydrogen-bond donors (Lipinski definition) is 0. The van der Waals surface area contributed by atoms with Crippen LogP contribution in [0, 0.1) is 0 Å². The number of carbonyl (C=O) groups excluding carboxylic acids is 1. The molecule has 158 valence electrons. The number of anilines is 1. The Kier molecular flexibility index (Phi) is 6.53. The summed E-state index contributed by atoms with van der Waals surface area (Å²) in [4.78, 5) is 25.3. The predicted octanol–water partition coefficient (Wildman–Crippen LogP) is 6.05. The first-order valence-corrected chi connectivity index (χ1v) is 11.7. The lowest BCUT2D eigenvalue weighted by atomic mass is 10.2. The van der Waals surface area contributed by atoms with Gasteiger partial charge in [-0.3, -0.25) is 14.7 Å². The Morgan fingerprint density at radius 2 is 1.90 bits per heavy atom. The molecule has 0 spiro atoms. The van der Waals surface area contributed by atoms with Crippen molar-refractivity contribution in [1.29, 1.82) is 0 Å². The van der Waals surface area contributed by atoms with Crippen LogP contribution in [-0.2, 0) is 6.54 Å². The maximum atomic E-state index is 13.7. The highest BCUT2D eigenvalue weighted by atomic mass is 32.2. The number of nitrogens with zero attached hydrogens (tertiary/aromatic N) is 3. The van der Waals surface area contributed by atoms with Crippen LogP contribution in [0.2, 0.25) is 0 Å². The molecule has 2 heterocycles. The van der Waals surface area contributed by atoms with E-state index < -0.39 is 0 Å². The third-order valence-electron chi connectivity index (χ3n) is 4.61. The molecule has 0 aliphatic carbocycles. The third kappa shape index (κ3) is 4.89. The summed E-state index contributed by atoms with van der Waals surface area (Å²) in [6.45, 7) is 4.69. The Bertz CT molecular complexity index is 1190. The van der Waals surface area contributed by atoms with Crippen LogP contribution in [0.5, 0.6) is 5.75 Å². The van der Waals surface area contributed by atoms with E-state index in [1.54, 1.807) is 36.2 Å². The molecule has 4 aromatic rings. The number of ether oxygens (including phenoxy) is 1. The Hall–Kier alpha value is -2.90. The molecule has 0 unspecified atom stereocenters. The molecule has 0 saturated carbocycles. The average Bonchev–Trinajstić information content (AvgIpc) is 3.21. The van der Waals surface area contributed by atoms with Crippen molar-refractivity contribution in [1.82, 2.24) is 9.97 Å². The number of benzene rings is 2. The Labute approximate surface area is 190 Å². The number of hydrogen-bond acceptors (Lipinski definition) is 6. The second kappa shape index (κ2) is 9.49. The number of thioether (sulfide) groups is 1. The first-order chi connectivity index (χ1) is 15.0. The fraction of sp³-hybridized carbons (Fsp3) is 0.208. The summed E-state index contributed by atoms with van der Waals surface area (Å²) in [6.07, 6.45) is 3.47. The quantitative estimate of drug-likeness (QED) is 0.322. The van der Waals surface area contributed by atoms with Crippen molar-refractivity contribution in [3.05, 3.63) is 78.1 Å². The van der Waals surface area contributed by atoms with Gasteiger partial charge < -0.3 is 4.74 Å². The Morgan fingerprint density at radius 3 is 2.65 bits per heavy atom. The molecule has 0 saturated heterocycles. The topological polar surface area (TPSA) is 55.3 Å². The standard InChI is InChI=1S/C24H23N3O2S2/c1-16(2)30-19-7-4-6-18(14-19)23(28)27(15-17-10-12-25-13-11-17)24-26-22-20(29-3)8-5-9-21(22)31-24/h4-14,16H,15H2,1-3H3. The van der Waals surface area contributed by atoms with Crippen LogP contribution in [0.1, 0.15) is 29.8 Å². The van der Waals surface area contributed by atoms with Crippen molar-refractivity contribution >= 4 is 44.4 Å². The SMILES string of the molecule is COc1cccc2sc(N(Cc3ccncc3)C(=O)c3cccc(SC(C)C)c3)nc12. The molecule has 5 nitrogen and oxygen atoms in total. The number of fused-ring (bicyclic) bond motifs is 1. The van der Waals surface area contributed by atoms with Gasteiger partial charge in [0.1, 0.15) is 11.3 Å². The van der Waals surface area contributed by atoms with Gasteiger partial charge in [-0.1, -0.05) is 37.3 Å². The fourth-order valence-electron chi connectivity index (χ4n) is 3.22. The number of pyridine rings is 1. The zero-order valence-corrected chi connectivity index (χ0v) is 19.2. The van der Waals surface area contributed by atoms with Crippen molar-refractivity contribution < 1.29 is 9.53 Å². The first kappa shape index (κ1) is 21.3. The predicted molar refractivity (Wildman–Crippen MR) is 128 cm³/mol. The number of para-hydroxylation sites is 1. The molecule has 0 aliphatic heterocycles. The van der Waals surface area contributed by atoms with E-state index >= 15 is 0 Å². The van der Waals surface area contributed by atoms with Crippen molar-refractivity contribution in [3.8, 4) is 5.75 Å². The lowest BCUT2D eigenvalue weighted by Crippen LogP contribution is -2.30. The summed E-state index contributed by atoms with van der Waals surface area (Å²) >= 11 is 3.23. The maximum absolute atomic E-state index is 13.7. The van der Waals surface area contributed by atoms with E-state index in [9.17, 15) is 4.79 Å². The minimum absolute atomic E-state index is 0.0824. The minimum atomic E-state index is -0.0824. The normalized spacial score (nSPS) is 11.1. The van der Waals surface area contributed by atoms with Crippen molar-refractivity contribution in [3.63, 3.8) is 0 Å². The van der Waals surface area contributed by atoms with Crippen LogP contribution in [0.3, 0.4) is 0 Å². The molecular formula is C24H23N3O2S2. The molecule has 7 heteroatoms. The molecule has 31 heavy (non-hydrogen) atoms. The average molecular weight is 450 g/mol. The summed E-state index contributed by atoms with van der Waals surface area (Å²) in [5, 5.41) is 1.08. The fourth-order valence-corrected chi connectivity index (χ4v) is 5.10. The molecule has 0 bridgehead atoms. The molecule has 4 rings (SSSR count). The van der Waals surface area contributed by atoms with E-state index in [2.05, 4.69) is 18.8 Å². The molecule has 0 aliphatic rings. The number of rotatable bonds is 7. The lowest BCUT2D eigenvalue weighted by Gasteiger charge is -2.20. The molecule has 0 N–H and O–H groups in total. The van der Waals surface area contributed by atoms with Gasteiger partial charge in [0, 0.05) is 28.1 Å². The first-order valence-electron chi connectivity index (χ1n) is 9.96. The van der Waals surface area contributed by atoms with Gasteiger partial charge in [0.2, 0.25) is 0 Å². The van der Waals surface area contributed by atoms with Gasteiger partial charge in [-0.05, 0) is 48.0 Å². The third-order valence-corrected chi connectivity index (χ3v) is 6.65. The van der Waals surface area contributed by atoms with Crippen LogP contribution in [0.15, 0.2) is 71.9 Å². The second-order valence-corrected chi connectivity index (χ2v) is 9.90. The van der Waals surface area contributed by atoms with Crippen molar-refractivity contribution in [2.24, 2.45) is 0 Å². The van der Waals surface area contributed by atoms with Gasteiger partial charge in [-0.2, -0.15) is 0 Å². The molecule has 0 radical (unpaired) electrons. The Morgan fingerprint density at radius 1 is 1.13 bits per heavy atom. The molecule has 2 aromatic heterocycles. The molecule has 1 amide bonds. The number of aromatic nitrogens is 2. The van der Waals surface area contributed by atoms with Gasteiger partial charge >= 0.3 is 0 Å². The van der Waals surface area contributed by atoms with E-state index in [1.807, 2.05) is 54.6 Å². The van der Waals surface area contributed by atoms with Gasteiger partial charge in [-0.15, -0.1) is 11.8 Å². The summed E-state index contributed by atoms with van der Waals surface area (Å²) < 4.78 is 6.44.